The number of thiazole rings is 1. The molecule has 2 aromatic rings. The molecule has 132 valence electrons. The first kappa shape index (κ1) is 17.4. The van der Waals surface area contributed by atoms with Crippen LogP contribution in [0.2, 0.25) is 0 Å². The molecule has 1 fully saturated rings. The van der Waals surface area contributed by atoms with Crippen molar-refractivity contribution >= 4 is 43.9 Å². The molecule has 0 radical (unpaired) electrons. The Balaban J connectivity index is 1.59. The van der Waals surface area contributed by atoms with Crippen molar-refractivity contribution in [1.82, 2.24) is 10.3 Å². The molecule has 0 aliphatic carbocycles. The minimum Gasteiger partial charge on any atom is -0.334 e. The van der Waals surface area contributed by atoms with Crippen LogP contribution in [0.25, 0.3) is 0 Å². The average molecular weight is 380 g/mol. The molecule has 2 heterocycles. The Bertz CT molecular complexity index is 881. The third-order valence-corrected chi connectivity index (χ3v) is 6.06. The molecule has 1 aliphatic heterocycles. The van der Waals surface area contributed by atoms with Crippen LogP contribution in [0, 0.1) is 0 Å². The summed E-state index contributed by atoms with van der Waals surface area (Å²) in [5.41, 5.74) is 0.807. The zero-order valence-corrected chi connectivity index (χ0v) is 14.7. The van der Waals surface area contributed by atoms with Gasteiger partial charge in [0.1, 0.15) is 0 Å². The van der Waals surface area contributed by atoms with E-state index in [0.717, 1.165) is 0 Å². The summed E-state index contributed by atoms with van der Waals surface area (Å²) >= 11 is 1.31. The maximum absolute atomic E-state index is 12.2. The summed E-state index contributed by atoms with van der Waals surface area (Å²) < 4.78 is 22.8. The van der Waals surface area contributed by atoms with Crippen molar-refractivity contribution < 1.29 is 18.0 Å². The largest absolute Gasteiger partial charge is 0.334 e. The van der Waals surface area contributed by atoms with Crippen LogP contribution in [0.3, 0.4) is 0 Å². The molecule has 25 heavy (non-hydrogen) atoms. The second kappa shape index (κ2) is 7.19. The van der Waals surface area contributed by atoms with Crippen LogP contribution in [-0.2, 0) is 9.84 Å². The fourth-order valence-corrected chi connectivity index (χ4v) is 4.65. The Morgan fingerprint density at radius 2 is 2.08 bits per heavy atom. The van der Waals surface area contributed by atoms with Crippen molar-refractivity contribution in [2.24, 2.45) is 0 Å². The van der Waals surface area contributed by atoms with Crippen LogP contribution < -0.4 is 16.0 Å². The summed E-state index contributed by atoms with van der Waals surface area (Å²) in [6.07, 6.45) is 2.00. The van der Waals surface area contributed by atoms with E-state index < -0.39 is 15.9 Å². The lowest BCUT2D eigenvalue weighted by atomic mass is 10.2. The molecule has 1 atom stereocenters. The number of amides is 3. The molecule has 3 rings (SSSR count). The molecule has 0 unspecified atom stereocenters. The van der Waals surface area contributed by atoms with Crippen LogP contribution in [0.4, 0.5) is 15.6 Å². The molecule has 1 aromatic heterocycles. The highest BCUT2D eigenvalue weighted by Gasteiger charge is 2.28. The summed E-state index contributed by atoms with van der Waals surface area (Å²) in [5.74, 6) is -0.290. The number of carbonyl (C=O) groups excluding carboxylic acids is 2. The van der Waals surface area contributed by atoms with Crippen molar-refractivity contribution in [2.75, 3.05) is 22.1 Å². The fraction of sp³-hybridized carbons (Fsp3) is 0.267. The summed E-state index contributed by atoms with van der Waals surface area (Å²) in [5, 5.41) is 10.1. The average Bonchev–Trinajstić information content (AvgIpc) is 3.17. The molecular weight excluding hydrogens is 364 g/mol. The molecule has 10 heteroatoms. The van der Waals surface area contributed by atoms with E-state index in [1.165, 1.54) is 17.4 Å². The molecular formula is C15H16N4O4S2. The summed E-state index contributed by atoms with van der Waals surface area (Å²) in [6.45, 7) is 0. The van der Waals surface area contributed by atoms with Crippen LogP contribution >= 0.6 is 11.3 Å². The fourth-order valence-electron chi connectivity index (χ4n) is 2.45. The van der Waals surface area contributed by atoms with Gasteiger partial charge < -0.3 is 10.6 Å². The third-order valence-electron chi connectivity index (χ3n) is 3.60. The molecule has 0 bridgehead atoms. The second-order valence-corrected chi connectivity index (χ2v) is 8.69. The van der Waals surface area contributed by atoms with Gasteiger partial charge in [0, 0.05) is 28.9 Å². The number of hydrogen-bond acceptors (Lipinski definition) is 6. The van der Waals surface area contributed by atoms with Gasteiger partial charge in [0.25, 0.3) is 5.91 Å². The highest BCUT2D eigenvalue weighted by molar-refractivity contribution is 7.91. The minimum atomic E-state index is -3.06. The van der Waals surface area contributed by atoms with Crippen LogP contribution in [0.1, 0.15) is 16.8 Å². The highest BCUT2D eigenvalue weighted by Crippen LogP contribution is 2.16. The number of nitrogens with zero attached hydrogens (tertiary/aromatic N) is 1. The molecule has 8 nitrogen and oxygen atoms in total. The van der Waals surface area contributed by atoms with Crippen molar-refractivity contribution in [1.29, 1.82) is 0 Å². The number of hydrogen-bond donors (Lipinski definition) is 3. The van der Waals surface area contributed by atoms with Crippen molar-refractivity contribution in [3.05, 3.63) is 41.4 Å². The van der Waals surface area contributed by atoms with Gasteiger partial charge in [-0.3, -0.25) is 10.1 Å². The molecule has 3 N–H and O–H groups in total. The Morgan fingerprint density at radius 3 is 2.76 bits per heavy atom. The zero-order valence-electron chi connectivity index (χ0n) is 13.1. The normalized spacial score (nSPS) is 18.5. The Morgan fingerprint density at radius 1 is 1.24 bits per heavy atom. The Hall–Kier alpha value is -2.46. The van der Waals surface area contributed by atoms with Crippen LogP contribution in [-0.4, -0.2) is 42.9 Å². The van der Waals surface area contributed by atoms with Crippen molar-refractivity contribution in [2.45, 2.75) is 12.5 Å². The quantitative estimate of drug-likeness (QED) is 0.746. The molecule has 0 saturated carbocycles. The minimum absolute atomic E-state index is 0.0450. The van der Waals surface area contributed by atoms with Gasteiger partial charge in [0.2, 0.25) is 0 Å². The van der Waals surface area contributed by atoms with E-state index in [2.05, 4.69) is 20.9 Å². The van der Waals surface area contributed by atoms with Crippen LogP contribution in [0.15, 0.2) is 35.8 Å². The van der Waals surface area contributed by atoms with Gasteiger partial charge in [-0.15, -0.1) is 11.3 Å². The Kier molecular flexibility index (Phi) is 5.00. The predicted octanol–water partition coefficient (Wildman–Crippen LogP) is 1.70. The first-order valence-electron chi connectivity index (χ1n) is 7.50. The van der Waals surface area contributed by atoms with Gasteiger partial charge in [0.15, 0.2) is 15.0 Å². The number of urea groups is 1. The number of nitrogens with one attached hydrogen (secondary N) is 3. The van der Waals surface area contributed by atoms with Gasteiger partial charge in [0.05, 0.1) is 11.5 Å². The summed E-state index contributed by atoms with van der Waals surface area (Å²) in [7, 11) is -3.06. The number of benzene rings is 1. The predicted molar refractivity (Wildman–Crippen MR) is 95.7 cm³/mol. The van der Waals surface area contributed by atoms with Gasteiger partial charge in [-0.1, -0.05) is 6.07 Å². The highest BCUT2D eigenvalue weighted by atomic mass is 32.2. The van der Waals surface area contributed by atoms with Gasteiger partial charge >= 0.3 is 6.03 Å². The molecule has 1 aliphatic rings. The lowest BCUT2D eigenvalue weighted by Gasteiger charge is -2.12. The van der Waals surface area contributed by atoms with Crippen LogP contribution in [0.5, 0.6) is 0 Å². The van der Waals surface area contributed by atoms with Crippen molar-refractivity contribution in [3.63, 3.8) is 0 Å². The molecule has 3 amide bonds. The monoisotopic (exact) mass is 380 g/mol. The standard InChI is InChI=1S/C15H16N4O4S2/c20-13(19-15-16-5-6-24-15)10-2-1-3-11(8-10)17-14(21)18-12-4-7-25(22,23)9-12/h1-3,5-6,8,12H,4,7,9H2,(H,16,19,20)(H2,17,18,21)/t12-/m0/s1. The number of anilines is 2. The molecule has 0 spiro atoms. The smallest absolute Gasteiger partial charge is 0.319 e. The first-order chi connectivity index (χ1) is 11.9. The van der Waals surface area contributed by atoms with E-state index in [4.69, 9.17) is 0 Å². The van der Waals surface area contributed by atoms with Gasteiger partial charge in [-0.25, -0.2) is 18.2 Å². The lowest BCUT2D eigenvalue weighted by molar-refractivity contribution is 0.102. The van der Waals surface area contributed by atoms with Gasteiger partial charge in [-0.2, -0.15) is 0 Å². The first-order valence-corrected chi connectivity index (χ1v) is 10.2. The maximum atomic E-state index is 12.2. The third kappa shape index (κ3) is 4.77. The number of rotatable bonds is 4. The second-order valence-electron chi connectivity index (χ2n) is 5.57. The lowest BCUT2D eigenvalue weighted by Crippen LogP contribution is -2.38. The topological polar surface area (TPSA) is 117 Å². The van der Waals surface area contributed by atoms with Crippen molar-refractivity contribution in [3.8, 4) is 0 Å². The summed E-state index contributed by atoms with van der Waals surface area (Å²) in [6, 6.07) is 5.56. The Labute approximate surface area is 148 Å². The maximum Gasteiger partial charge on any atom is 0.319 e. The zero-order chi connectivity index (χ0) is 17.9. The molecule has 1 aromatic carbocycles. The number of aromatic nitrogens is 1. The van der Waals surface area contributed by atoms with E-state index in [1.54, 1.807) is 29.8 Å². The van der Waals surface area contributed by atoms with E-state index in [0.29, 0.717) is 22.8 Å². The summed E-state index contributed by atoms with van der Waals surface area (Å²) in [4.78, 5) is 28.1. The van der Waals surface area contributed by atoms with E-state index in [1.807, 2.05) is 0 Å². The number of carbonyl (C=O) groups is 2. The van der Waals surface area contributed by atoms with E-state index in [9.17, 15) is 18.0 Å². The molecule has 1 saturated heterocycles. The van der Waals surface area contributed by atoms with E-state index >= 15 is 0 Å². The van der Waals surface area contributed by atoms with Gasteiger partial charge in [-0.05, 0) is 24.6 Å². The van der Waals surface area contributed by atoms with E-state index in [-0.39, 0.29) is 23.5 Å². The number of sulfone groups is 1. The SMILES string of the molecule is O=C(Nc1cccc(C(=O)Nc2nccs2)c1)N[C@H]1CCS(=O)(=O)C1.